The molecule has 0 fully saturated rings. The summed E-state index contributed by atoms with van der Waals surface area (Å²) in [5.74, 6) is 0. The van der Waals surface area contributed by atoms with Crippen LogP contribution in [0, 0.1) is 0 Å². The second-order valence-electron chi connectivity index (χ2n) is 1.80. The molecular formula is C3H11N3O2S. The second-order valence-corrected chi connectivity index (χ2v) is 3.13. The molecule has 5 nitrogen and oxygen atoms in total. The van der Waals surface area contributed by atoms with Gasteiger partial charge in [-0.05, 0) is 6.92 Å². The van der Waals surface area contributed by atoms with Crippen LogP contribution in [-0.4, -0.2) is 21.0 Å². The highest BCUT2D eigenvalue weighted by Crippen LogP contribution is 1.76. The van der Waals surface area contributed by atoms with Crippen molar-refractivity contribution in [2.75, 3.05) is 6.54 Å². The highest BCUT2D eigenvalue weighted by atomic mass is 32.2. The lowest BCUT2D eigenvalue weighted by Crippen LogP contribution is -2.41. The molecule has 9 heavy (non-hydrogen) atoms. The fourth-order valence-electron chi connectivity index (χ4n) is 0.329. The molecular weight excluding hydrogens is 142 g/mol. The normalized spacial score (nSPS) is 15.4. The fraction of sp³-hybridized carbons (Fsp3) is 1.00. The summed E-state index contributed by atoms with van der Waals surface area (Å²) in [4.78, 5) is 0. The molecule has 0 aliphatic carbocycles. The first kappa shape index (κ1) is 8.83. The van der Waals surface area contributed by atoms with Crippen molar-refractivity contribution in [2.24, 2.45) is 10.9 Å². The lowest BCUT2D eigenvalue weighted by molar-refractivity contribution is 0.564. The zero-order valence-corrected chi connectivity index (χ0v) is 5.98. The summed E-state index contributed by atoms with van der Waals surface area (Å²) < 4.78 is 22.5. The predicted molar refractivity (Wildman–Crippen MR) is 34.8 cm³/mol. The van der Waals surface area contributed by atoms with Crippen molar-refractivity contribution in [1.29, 1.82) is 0 Å². The van der Waals surface area contributed by atoms with E-state index in [4.69, 9.17) is 5.73 Å². The van der Waals surface area contributed by atoms with Gasteiger partial charge < -0.3 is 5.73 Å². The monoisotopic (exact) mass is 153 g/mol. The summed E-state index contributed by atoms with van der Waals surface area (Å²) in [6.07, 6.45) is 0. The molecule has 5 N–H and O–H groups in total. The van der Waals surface area contributed by atoms with Gasteiger partial charge >= 0.3 is 0 Å². The van der Waals surface area contributed by atoms with Crippen molar-refractivity contribution in [3.8, 4) is 0 Å². The zero-order valence-electron chi connectivity index (χ0n) is 5.16. The van der Waals surface area contributed by atoms with E-state index in [2.05, 4.69) is 9.86 Å². The van der Waals surface area contributed by atoms with Crippen LogP contribution in [0.25, 0.3) is 0 Å². The van der Waals surface area contributed by atoms with E-state index in [1.165, 1.54) is 0 Å². The van der Waals surface area contributed by atoms with E-state index in [9.17, 15) is 8.42 Å². The summed E-state index contributed by atoms with van der Waals surface area (Å²) in [6, 6.07) is -0.292. The number of hydrogen-bond acceptors (Lipinski definition) is 3. The average molecular weight is 153 g/mol. The minimum Gasteiger partial charge on any atom is -0.329 e. The van der Waals surface area contributed by atoms with Gasteiger partial charge in [0.25, 0.3) is 10.2 Å². The second kappa shape index (κ2) is 3.11. The molecule has 1 atom stereocenters. The fourth-order valence-corrected chi connectivity index (χ4v) is 0.986. The zero-order chi connectivity index (χ0) is 7.49. The maximum Gasteiger partial charge on any atom is 0.274 e. The molecule has 0 aliphatic rings. The molecule has 0 aromatic carbocycles. The minimum atomic E-state index is -3.57. The van der Waals surface area contributed by atoms with Gasteiger partial charge in [-0.15, -0.1) is 0 Å². The predicted octanol–water partition coefficient (Wildman–Crippen LogP) is -1.87. The molecule has 0 aliphatic heterocycles. The van der Waals surface area contributed by atoms with Crippen molar-refractivity contribution in [2.45, 2.75) is 13.0 Å². The Labute approximate surface area is 54.6 Å². The Kier molecular flexibility index (Phi) is 3.06. The molecule has 0 saturated heterocycles. The SMILES string of the molecule is CC(CN)NS(N)(=O)=O. The Morgan fingerprint density at radius 3 is 2.22 bits per heavy atom. The third-order valence-electron chi connectivity index (χ3n) is 0.719. The van der Waals surface area contributed by atoms with Crippen LogP contribution in [0.1, 0.15) is 6.92 Å². The van der Waals surface area contributed by atoms with Gasteiger partial charge in [-0.1, -0.05) is 0 Å². The number of rotatable bonds is 3. The van der Waals surface area contributed by atoms with E-state index in [-0.39, 0.29) is 12.6 Å². The largest absolute Gasteiger partial charge is 0.329 e. The van der Waals surface area contributed by atoms with E-state index in [1.54, 1.807) is 6.92 Å². The van der Waals surface area contributed by atoms with E-state index in [0.29, 0.717) is 0 Å². The Morgan fingerprint density at radius 2 is 2.11 bits per heavy atom. The van der Waals surface area contributed by atoms with Gasteiger partial charge in [-0.2, -0.15) is 13.1 Å². The first-order chi connectivity index (χ1) is 3.95. The Bertz CT molecular complexity index is 164. The summed E-state index contributed by atoms with van der Waals surface area (Å²) in [7, 11) is -3.57. The molecule has 0 bridgehead atoms. The van der Waals surface area contributed by atoms with E-state index < -0.39 is 10.2 Å². The van der Waals surface area contributed by atoms with Crippen LogP contribution in [0.2, 0.25) is 0 Å². The first-order valence-corrected chi connectivity index (χ1v) is 4.00. The molecule has 0 saturated carbocycles. The van der Waals surface area contributed by atoms with Gasteiger partial charge in [0.15, 0.2) is 0 Å². The standard InChI is InChI=1S/C3H11N3O2S/c1-3(2-4)6-9(5,7)8/h3,6H,2,4H2,1H3,(H2,5,7,8). The number of hydrogen-bond donors (Lipinski definition) is 3. The highest BCUT2D eigenvalue weighted by Gasteiger charge is 2.05. The molecule has 6 heteroatoms. The molecule has 0 aromatic heterocycles. The average Bonchev–Trinajstić information content (AvgIpc) is 1.62. The van der Waals surface area contributed by atoms with Gasteiger partial charge in [0.05, 0.1) is 0 Å². The molecule has 56 valence electrons. The van der Waals surface area contributed by atoms with Crippen LogP contribution >= 0.6 is 0 Å². The number of nitrogens with one attached hydrogen (secondary N) is 1. The minimum absolute atomic E-state index is 0.246. The van der Waals surface area contributed by atoms with Crippen LogP contribution in [0.4, 0.5) is 0 Å². The molecule has 1 unspecified atom stereocenters. The topological polar surface area (TPSA) is 98.2 Å². The summed E-state index contributed by atoms with van der Waals surface area (Å²) in [6.45, 7) is 1.88. The quantitative estimate of drug-likeness (QED) is 0.443. The highest BCUT2D eigenvalue weighted by molar-refractivity contribution is 7.87. The van der Waals surface area contributed by atoms with Gasteiger partial charge in [-0.3, -0.25) is 0 Å². The summed E-state index contributed by atoms with van der Waals surface area (Å²) >= 11 is 0. The molecule has 0 rings (SSSR count). The van der Waals surface area contributed by atoms with Gasteiger partial charge in [-0.25, -0.2) is 5.14 Å². The van der Waals surface area contributed by atoms with Crippen LogP contribution in [0.3, 0.4) is 0 Å². The molecule has 0 spiro atoms. The van der Waals surface area contributed by atoms with E-state index in [1.807, 2.05) is 0 Å². The Balaban J connectivity index is 3.75. The third-order valence-corrected chi connectivity index (χ3v) is 1.45. The third kappa shape index (κ3) is 5.71. The van der Waals surface area contributed by atoms with E-state index >= 15 is 0 Å². The Morgan fingerprint density at radius 1 is 1.67 bits per heavy atom. The van der Waals surface area contributed by atoms with Crippen molar-refractivity contribution in [3.63, 3.8) is 0 Å². The van der Waals surface area contributed by atoms with Crippen LogP contribution < -0.4 is 15.6 Å². The first-order valence-electron chi connectivity index (χ1n) is 2.46. The maximum absolute atomic E-state index is 10.2. The lowest BCUT2D eigenvalue weighted by Gasteiger charge is -2.06. The summed E-state index contributed by atoms with van der Waals surface area (Å²) in [5.41, 5.74) is 5.10. The van der Waals surface area contributed by atoms with Crippen molar-refractivity contribution >= 4 is 10.2 Å². The van der Waals surface area contributed by atoms with Gasteiger partial charge in [0.2, 0.25) is 0 Å². The Hall–Kier alpha value is -0.170. The smallest absolute Gasteiger partial charge is 0.274 e. The molecule has 0 radical (unpaired) electrons. The van der Waals surface area contributed by atoms with Crippen molar-refractivity contribution < 1.29 is 8.42 Å². The van der Waals surface area contributed by atoms with Gasteiger partial charge in [0, 0.05) is 12.6 Å². The van der Waals surface area contributed by atoms with Crippen LogP contribution in [-0.2, 0) is 10.2 Å². The molecule has 0 amide bonds. The molecule has 0 heterocycles. The molecule has 0 aromatic rings. The summed E-state index contributed by atoms with van der Waals surface area (Å²) in [5, 5.41) is 4.62. The van der Waals surface area contributed by atoms with Crippen LogP contribution in [0.5, 0.6) is 0 Å². The number of nitrogens with two attached hydrogens (primary N) is 2. The van der Waals surface area contributed by atoms with Crippen molar-refractivity contribution in [3.05, 3.63) is 0 Å². The van der Waals surface area contributed by atoms with E-state index in [0.717, 1.165) is 0 Å². The van der Waals surface area contributed by atoms with Crippen molar-refractivity contribution in [1.82, 2.24) is 4.72 Å². The maximum atomic E-state index is 10.2. The van der Waals surface area contributed by atoms with Gasteiger partial charge in [0.1, 0.15) is 0 Å². The lowest BCUT2D eigenvalue weighted by atomic mass is 10.4. The van der Waals surface area contributed by atoms with Crippen LogP contribution in [0.15, 0.2) is 0 Å².